The summed E-state index contributed by atoms with van der Waals surface area (Å²) in [5.41, 5.74) is 0. The van der Waals surface area contributed by atoms with Crippen LogP contribution in [0.3, 0.4) is 0 Å². The third kappa shape index (κ3) is 46.5. The van der Waals surface area contributed by atoms with Gasteiger partial charge >= 0.3 is 17.9 Å². The highest BCUT2D eigenvalue weighted by molar-refractivity contribution is 5.71. The average molecular weight is 829 g/mol. The summed E-state index contributed by atoms with van der Waals surface area (Å²) in [6, 6.07) is 0. The highest BCUT2D eigenvalue weighted by Gasteiger charge is 2.19. The molecule has 0 saturated heterocycles. The van der Waals surface area contributed by atoms with Crippen LogP contribution in [0.2, 0.25) is 0 Å². The maximum Gasteiger partial charge on any atom is 0.306 e. The maximum absolute atomic E-state index is 12.8. The van der Waals surface area contributed by atoms with Crippen LogP contribution in [0, 0.1) is 0 Å². The molecule has 6 nitrogen and oxygen atoms in total. The second-order valence-electron chi connectivity index (χ2n) is 17.1. The van der Waals surface area contributed by atoms with Crippen molar-refractivity contribution in [2.45, 2.75) is 271 Å². The molecule has 0 amide bonds. The lowest BCUT2D eigenvalue weighted by molar-refractivity contribution is -0.167. The lowest BCUT2D eigenvalue weighted by atomic mass is 10.0. The van der Waals surface area contributed by atoms with Gasteiger partial charge in [0.15, 0.2) is 6.10 Å². The minimum absolute atomic E-state index is 0.0800. The van der Waals surface area contributed by atoms with E-state index in [-0.39, 0.29) is 31.1 Å². The quantitative estimate of drug-likeness (QED) is 0.0263. The fraction of sp³-hybridized carbons (Fsp3) is 0.830. The number of rotatable bonds is 46. The molecule has 0 N–H and O–H groups in total. The van der Waals surface area contributed by atoms with Crippen molar-refractivity contribution in [3.63, 3.8) is 0 Å². The van der Waals surface area contributed by atoms with E-state index in [2.05, 4.69) is 57.2 Å². The Hall–Kier alpha value is -2.37. The Kier molecular flexibility index (Phi) is 46.4. The van der Waals surface area contributed by atoms with Crippen LogP contribution in [-0.2, 0) is 28.6 Å². The van der Waals surface area contributed by atoms with Crippen LogP contribution in [-0.4, -0.2) is 37.2 Å². The zero-order valence-electron chi connectivity index (χ0n) is 39.3. The summed E-state index contributed by atoms with van der Waals surface area (Å²) < 4.78 is 16.8. The lowest BCUT2D eigenvalue weighted by Crippen LogP contribution is -2.30. The molecule has 0 aliphatic heterocycles. The Bertz CT molecular complexity index is 1000. The maximum atomic E-state index is 12.8. The van der Waals surface area contributed by atoms with Gasteiger partial charge in [-0.05, 0) is 57.8 Å². The van der Waals surface area contributed by atoms with Crippen molar-refractivity contribution < 1.29 is 28.6 Å². The van der Waals surface area contributed by atoms with Crippen molar-refractivity contribution in [2.75, 3.05) is 13.2 Å². The molecule has 0 aliphatic rings. The number of esters is 3. The average Bonchev–Trinajstić information content (AvgIpc) is 3.23. The van der Waals surface area contributed by atoms with E-state index in [4.69, 9.17) is 14.2 Å². The summed E-state index contributed by atoms with van der Waals surface area (Å²) in [5.74, 6) is -0.909. The summed E-state index contributed by atoms with van der Waals surface area (Å²) >= 11 is 0. The van der Waals surface area contributed by atoms with Gasteiger partial charge in [0.2, 0.25) is 0 Å². The van der Waals surface area contributed by atoms with Crippen LogP contribution in [0.4, 0.5) is 0 Å². The minimum atomic E-state index is -0.781. The Labute approximate surface area is 365 Å². The number of hydrogen-bond acceptors (Lipinski definition) is 6. The van der Waals surface area contributed by atoms with Gasteiger partial charge in [0.25, 0.3) is 0 Å². The van der Waals surface area contributed by atoms with E-state index in [9.17, 15) is 14.4 Å². The highest BCUT2D eigenvalue weighted by Crippen LogP contribution is 2.15. The number of carbonyl (C=O) groups excluding carboxylic acids is 3. The second kappa shape index (κ2) is 48.3. The van der Waals surface area contributed by atoms with Crippen LogP contribution < -0.4 is 0 Å². The molecule has 59 heavy (non-hydrogen) atoms. The predicted molar refractivity (Wildman–Crippen MR) is 252 cm³/mol. The Morgan fingerprint density at radius 3 is 0.983 bits per heavy atom. The first-order chi connectivity index (χ1) is 29.0. The van der Waals surface area contributed by atoms with Gasteiger partial charge in [-0.3, -0.25) is 14.4 Å². The first-order valence-corrected chi connectivity index (χ1v) is 25.5. The summed E-state index contributed by atoms with van der Waals surface area (Å²) in [4.78, 5) is 37.9. The van der Waals surface area contributed by atoms with E-state index < -0.39 is 6.10 Å². The topological polar surface area (TPSA) is 78.9 Å². The number of ether oxygens (including phenoxy) is 3. The van der Waals surface area contributed by atoms with Crippen LogP contribution in [0.25, 0.3) is 0 Å². The van der Waals surface area contributed by atoms with Crippen LogP contribution in [0.15, 0.2) is 36.5 Å². The summed E-state index contributed by atoms with van der Waals surface area (Å²) in [6.45, 7) is 6.59. The fourth-order valence-electron chi connectivity index (χ4n) is 7.27. The molecule has 344 valence electrons. The molecule has 0 saturated carbocycles. The molecule has 0 spiro atoms. The third-order valence-corrected chi connectivity index (χ3v) is 11.1. The van der Waals surface area contributed by atoms with Crippen molar-refractivity contribution in [1.82, 2.24) is 0 Å². The van der Waals surface area contributed by atoms with Gasteiger partial charge in [-0.15, -0.1) is 0 Å². The molecule has 0 bridgehead atoms. The number of hydrogen-bond donors (Lipinski definition) is 0. The largest absolute Gasteiger partial charge is 0.462 e. The molecule has 0 unspecified atom stereocenters. The molecule has 0 rings (SSSR count). The van der Waals surface area contributed by atoms with Crippen LogP contribution >= 0.6 is 0 Å². The van der Waals surface area contributed by atoms with E-state index in [1.165, 1.54) is 154 Å². The zero-order valence-corrected chi connectivity index (χ0v) is 39.3. The molecular formula is C53H96O6. The molecule has 0 heterocycles. The predicted octanol–water partition coefficient (Wildman–Crippen LogP) is 16.5. The van der Waals surface area contributed by atoms with Gasteiger partial charge in [0.1, 0.15) is 13.2 Å². The number of unbranched alkanes of at least 4 members (excludes halogenated alkanes) is 29. The number of allylic oxidation sites excluding steroid dienone is 6. The third-order valence-electron chi connectivity index (χ3n) is 11.1. The van der Waals surface area contributed by atoms with Crippen LogP contribution in [0.1, 0.15) is 265 Å². The molecule has 0 aromatic heterocycles. The Morgan fingerprint density at radius 1 is 0.339 bits per heavy atom. The fourth-order valence-corrected chi connectivity index (χ4v) is 7.27. The van der Waals surface area contributed by atoms with E-state index in [1.807, 2.05) is 0 Å². The van der Waals surface area contributed by atoms with Crippen molar-refractivity contribution in [3.8, 4) is 0 Å². The molecule has 0 aliphatic carbocycles. The molecule has 0 radical (unpaired) electrons. The van der Waals surface area contributed by atoms with Crippen molar-refractivity contribution in [1.29, 1.82) is 0 Å². The van der Waals surface area contributed by atoms with Crippen LogP contribution in [0.5, 0.6) is 0 Å². The SMILES string of the molecule is CCCCC/C=C\C/C=C\C/C=C\CCCCC(=O)OC[C@H](COC(=O)CCCCCCCCCCCCCCC)OC(=O)CCCCCCCCCCCCCCC. The minimum Gasteiger partial charge on any atom is -0.462 e. The molecule has 0 aromatic rings. The van der Waals surface area contributed by atoms with E-state index in [1.54, 1.807) is 0 Å². The monoisotopic (exact) mass is 829 g/mol. The first kappa shape index (κ1) is 56.6. The molecule has 0 aromatic carbocycles. The standard InChI is InChI=1S/C53H96O6/c1-4-7-10-13-16-19-22-25-26-29-31-34-37-40-43-46-52(55)58-49-50(59-53(56)47-44-41-38-35-32-28-24-21-18-15-12-9-6-3)48-57-51(54)45-42-39-36-33-30-27-23-20-17-14-11-8-5-2/h16,19,25-26,31,34,50H,4-15,17-18,20-24,27-30,32-33,35-49H2,1-3H3/b19-16-,26-25-,34-31-/t50-/m0/s1. The van der Waals surface area contributed by atoms with Crippen molar-refractivity contribution >= 4 is 17.9 Å². The first-order valence-electron chi connectivity index (χ1n) is 25.5. The van der Waals surface area contributed by atoms with E-state index in [0.717, 1.165) is 70.6 Å². The molecular weight excluding hydrogens is 733 g/mol. The van der Waals surface area contributed by atoms with Gasteiger partial charge in [0, 0.05) is 19.3 Å². The van der Waals surface area contributed by atoms with E-state index in [0.29, 0.717) is 19.3 Å². The van der Waals surface area contributed by atoms with Crippen molar-refractivity contribution in [3.05, 3.63) is 36.5 Å². The smallest absolute Gasteiger partial charge is 0.306 e. The zero-order chi connectivity index (χ0) is 43.0. The van der Waals surface area contributed by atoms with Gasteiger partial charge < -0.3 is 14.2 Å². The Morgan fingerprint density at radius 2 is 0.610 bits per heavy atom. The molecule has 0 fully saturated rings. The summed E-state index contributed by atoms with van der Waals surface area (Å²) in [6.07, 6.45) is 55.5. The van der Waals surface area contributed by atoms with Gasteiger partial charge in [-0.25, -0.2) is 0 Å². The van der Waals surface area contributed by atoms with Gasteiger partial charge in [0.05, 0.1) is 0 Å². The number of carbonyl (C=O) groups is 3. The van der Waals surface area contributed by atoms with Gasteiger partial charge in [-0.2, -0.15) is 0 Å². The highest BCUT2D eigenvalue weighted by atomic mass is 16.6. The summed E-state index contributed by atoms with van der Waals surface area (Å²) in [5, 5.41) is 0. The molecule has 6 heteroatoms. The van der Waals surface area contributed by atoms with Crippen molar-refractivity contribution in [2.24, 2.45) is 0 Å². The normalized spacial score (nSPS) is 12.3. The second-order valence-corrected chi connectivity index (χ2v) is 17.1. The van der Waals surface area contributed by atoms with Gasteiger partial charge in [-0.1, -0.05) is 224 Å². The van der Waals surface area contributed by atoms with E-state index >= 15 is 0 Å². The molecule has 1 atom stereocenters. The Balaban J connectivity index is 4.41. The lowest BCUT2D eigenvalue weighted by Gasteiger charge is -2.18. The summed E-state index contributed by atoms with van der Waals surface area (Å²) in [7, 11) is 0.